The maximum absolute atomic E-state index is 12.2. The van der Waals surface area contributed by atoms with Gasteiger partial charge in [0.15, 0.2) is 13.2 Å². The van der Waals surface area contributed by atoms with E-state index < -0.39 is 0 Å². The van der Waals surface area contributed by atoms with Crippen LogP contribution < -0.4 is 25.4 Å². The summed E-state index contributed by atoms with van der Waals surface area (Å²) in [6, 6.07) is 22.2. The predicted octanol–water partition coefficient (Wildman–Crippen LogP) is 3.78. The van der Waals surface area contributed by atoms with E-state index in [9.17, 15) is 9.59 Å². The molecule has 146 valence electrons. The molecule has 1 aliphatic rings. The van der Waals surface area contributed by atoms with E-state index in [0.717, 1.165) is 11.4 Å². The number of anilines is 4. The molecular weight excluding hydrogens is 370 g/mol. The third kappa shape index (κ3) is 4.84. The highest BCUT2D eigenvalue weighted by molar-refractivity contribution is 5.95. The Balaban J connectivity index is 1.29. The van der Waals surface area contributed by atoms with E-state index in [1.807, 2.05) is 54.6 Å². The van der Waals surface area contributed by atoms with Gasteiger partial charge in [0.2, 0.25) is 0 Å². The molecule has 0 bridgehead atoms. The molecule has 0 fully saturated rings. The van der Waals surface area contributed by atoms with Crippen molar-refractivity contribution in [3.8, 4) is 11.5 Å². The Kier molecular flexibility index (Phi) is 5.29. The molecule has 0 aliphatic carbocycles. The molecule has 0 radical (unpaired) electrons. The van der Waals surface area contributed by atoms with Crippen molar-refractivity contribution in [2.45, 2.75) is 0 Å². The smallest absolute Gasteiger partial charge is 0.262 e. The lowest BCUT2D eigenvalue weighted by molar-refractivity contribution is -0.119. The molecular formula is C22H19N3O4. The molecule has 0 spiro atoms. The first-order chi connectivity index (χ1) is 14.2. The lowest BCUT2D eigenvalue weighted by Crippen LogP contribution is -2.25. The fraction of sp³-hybridized carbons (Fsp3) is 0.0909. The van der Waals surface area contributed by atoms with Crippen molar-refractivity contribution in [3.63, 3.8) is 0 Å². The zero-order chi connectivity index (χ0) is 20.1. The van der Waals surface area contributed by atoms with Gasteiger partial charge in [-0.3, -0.25) is 9.59 Å². The second-order valence-corrected chi connectivity index (χ2v) is 6.40. The van der Waals surface area contributed by atoms with Crippen LogP contribution in [0.4, 0.5) is 22.7 Å². The quantitative estimate of drug-likeness (QED) is 0.597. The summed E-state index contributed by atoms with van der Waals surface area (Å²) < 4.78 is 10.8. The third-order valence-electron chi connectivity index (χ3n) is 4.18. The van der Waals surface area contributed by atoms with Gasteiger partial charge in [-0.2, -0.15) is 0 Å². The number of carbonyl (C=O) groups excluding carboxylic acids is 2. The number of rotatable bonds is 6. The number of hydrogen-bond donors (Lipinski definition) is 3. The summed E-state index contributed by atoms with van der Waals surface area (Å²) in [5, 5.41) is 8.77. The SMILES string of the molecule is O=C(COc1ccc2c(c1)NC(=O)CO2)Nc1ccc(Nc2ccccc2)cc1. The van der Waals surface area contributed by atoms with Gasteiger partial charge >= 0.3 is 0 Å². The largest absolute Gasteiger partial charge is 0.484 e. The summed E-state index contributed by atoms with van der Waals surface area (Å²) >= 11 is 0. The van der Waals surface area contributed by atoms with E-state index in [1.165, 1.54) is 0 Å². The molecule has 3 aromatic rings. The first-order valence-electron chi connectivity index (χ1n) is 9.07. The van der Waals surface area contributed by atoms with E-state index >= 15 is 0 Å². The Hall–Kier alpha value is -4.00. The van der Waals surface area contributed by atoms with Gasteiger partial charge in [-0.15, -0.1) is 0 Å². The average Bonchev–Trinajstić information content (AvgIpc) is 2.74. The molecule has 0 saturated heterocycles. The second-order valence-electron chi connectivity index (χ2n) is 6.40. The van der Waals surface area contributed by atoms with Gasteiger partial charge in [0.05, 0.1) is 5.69 Å². The summed E-state index contributed by atoms with van der Waals surface area (Å²) in [5.74, 6) is 0.530. The number of para-hydroxylation sites is 1. The van der Waals surface area contributed by atoms with E-state index in [-0.39, 0.29) is 25.0 Å². The number of hydrogen-bond acceptors (Lipinski definition) is 5. The summed E-state index contributed by atoms with van der Waals surface area (Å²) in [7, 11) is 0. The standard InChI is InChI=1S/C22H19N3O4/c26-21(13-28-18-10-11-20-19(12-18)25-22(27)14-29-20)24-17-8-6-16(7-9-17)23-15-4-2-1-3-5-15/h1-12,23H,13-14H2,(H,24,26)(H,25,27). The van der Waals surface area contributed by atoms with Crippen molar-refractivity contribution in [2.24, 2.45) is 0 Å². The number of benzene rings is 3. The first kappa shape index (κ1) is 18.4. The van der Waals surface area contributed by atoms with Crippen LogP contribution >= 0.6 is 0 Å². The number of amides is 2. The minimum absolute atomic E-state index is 0.00469. The highest BCUT2D eigenvalue weighted by atomic mass is 16.5. The summed E-state index contributed by atoms with van der Waals surface area (Å²) in [6.07, 6.45) is 0. The van der Waals surface area contributed by atoms with Crippen molar-refractivity contribution in [1.82, 2.24) is 0 Å². The van der Waals surface area contributed by atoms with Gasteiger partial charge < -0.3 is 25.4 Å². The van der Waals surface area contributed by atoms with E-state index in [1.54, 1.807) is 18.2 Å². The summed E-state index contributed by atoms with van der Waals surface area (Å²) in [6.45, 7) is -0.160. The van der Waals surface area contributed by atoms with Crippen LogP contribution in [0, 0.1) is 0 Å². The Morgan fingerprint density at radius 3 is 2.48 bits per heavy atom. The first-order valence-corrected chi connectivity index (χ1v) is 9.07. The topological polar surface area (TPSA) is 88.7 Å². The van der Waals surface area contributed by atoms with Crippen LogP contribution in [0.15, 0.2) is 72.8 Å². The summed E-state index contributed by atoms with van der Waals surface area (Å²) in [4.78, 5) is 23.5. The molecule has 3 N–H and O–H groups in total. The fourth-order valence-corrected chi connectivity index (χ4v) is 2.82. The minimum atomic E-state index is -0.285. The molecule has 3 aromatic carbocycles. The van der Waals surface area contributed by atoms with Gasteiger partial charge in [0.1, 0.15) is 11.5 Å². The number of carbonyl (C=O) groups is 2. The van der Waals surface area contributed by atoms with Crippen LogP contribution in [0.3, 0.4) is 0 Å². The molecule has 7 heteroatoms. The molecule has 1 aliphatic heterocycles. The Labute approximate surface area is 167 Å². The molecule has 0 aromatic heterocycles. The zero-order valence-corrected chi connectivity index (χ0v) is 15.5. The van der Waals surface area contributed by atoms with E-state index in [0.29, 0.717) is 22.9 Å². The van der Waals surface area contributed by atoms with Gasteiger partial charge in [-0.1, -0.05) is 18.2 Å². The normalized spacial score (nSPS) is 12.2. The van der Waals surface area contributed by atoms with Crippen molar-refractivity contribution in [3.05, 3.63) is 72.8 Å². The van der Waals surface area contributed by atoms with Crippen molar-refractivity contribution in [2.75, 3.05) is 29.2 Å². The number of ether oxygens (including phenoxy) is 2. The Bertz CT molecular complexity index is 1020. The Morgan fingerprint density at radius 1 is 0.966 bits per heavy atom. The molecule has 2 amide bonds. The Morgan fingerprint density at radius 2 is 1.69 bits per heavy atom. The lowest BCUT2D eigenvalue weighted by atomic mass is 10.2. The number of nitrogens with one attached hydrogen (secondary N) is 3. The second kappa shape index (κ2) is 8.35. The van der Waals surface area contributed by atoms with Crippen LogP contribution in [0.2, 0.25) is 0 Å². The van der Waals surface area contributed by atoms with Crippen molar-refractivity contribution in [1.29, 1.82) is 0 Å². The lowest BCUT2D eigenvalue weighted by Gasteiger charge is -2.18. The van der Waals surface area contributed by atoms with Gasteiger partial charge in [-0.25, -0.2) is 0 Å². The molecule has 0 atom stereocenters. The molecule has 4 rings (SSSR count). The van der Waals surface area contributed by atoms with E-state index in [2.05, 4.69) is 16.0 Å². The van der Waals surface area contributed by atoms with Crippen LogP contribution in [0.5, 0.6) is 11.5 Å². The average molecular weight is 389 g/mol. The molecule has 0 saturated carbocycles. The van der Waals surface area contributed by atoms with Crippen LogP contribution in [0.25, 0.3) is 0 Å². The van der Waals surface area contributed by atoms with Crippen LogP contribution in [-0.2, 0) is 9.59 Å². The highest BCUT2D eigenvalue weighted by Crippen LogP contribution is 2.31. The van der Waals surface area contributed by atoms with E-state index in [4.69, 9.17) is 9.47 Å². The monoisotopic (exact) mass is 389 g/mol. The third-order valence-corrected chi connectivity index (χ3v) is 4.18. The van der Waals surface area contributed by atoms with Crippen LogP contribution in [0.1, 0.15) is 0 Å². The minimum Gasteiger partial charge on any atom is -0.484 e. The zero-order valence-electron chi connectivity index (χ0n) is 15.5. The molecule has 7 nitrogen and oxygen atoms in total. The highest BCUT2D eigenvalue weighted by Gasteiger charge is 2.16. The van der Waals surface area contributed by atoms with Gasteiger partial charge in [-0.05, 0) is 48.5 Å². The molecule has 29 heavy (non-hydrogen) atoms. The predicted molar refractivity (Wildman–Crippen MR) is 111 cm³/mol. The maximum atomic E-state index is 12.2. The molecule has 1 heterocycles. The van der Waals surface area contributed by atoms with Gasteiger partial charge in [0.25, 0.3) is 11.8 Å². The van der Waals surface area contributed by atoms with Crippen molar-refractivity contribution >= 4 is 34.6 Å². The summed E-state index contributed by atoms with van der Waals surface area (Å²) in [5.41, 5.74) is 3.11. The number of fused-ring (bicyclic) bond motifs is 1. The van der Waals surface area contributed by atoms with Crippen molar-refractivity contribution < 1.29 is 19.1 Å². The van der Waals surface area contributed by atoms with Crippen LogP contribution in [-0.4, -0.2) is 25.0 Å². The molecule has 0 unspecified atom stereocenters. The van der Waals surface area contributed by atoms with Gasteiger partial charge in [0, 0.05) is 23.1 Å². The fourth-order valence-electron chi connectivity index (χ4n) is 2.82. The maximum Gasteiger partial charge on any atom is 0.262 e.